The first kappa shape index (κ1) is 12.1. The fraction of sp³-hybridized carbons (Fsp3) is 0.636. The maximum Gasteiger partial charge on any atom is 0.131 e. The Labute approximate surface area is 101 Å². The van der Waals surface area contributed by atoms with E-state index in [4.69, 9.17) is 10.5 Å². The Morgan fingerprint density at radius 1 is 1.35 bits per heavy atom. The number of nitrogens with two attached hydrogens (primary N) is 1. The summed E-state index contributed by atoms with van der Waals surface area (Å²) >= 11 is 0. The molecule has 1 saturated heterocycles. The molecular weight excluding hydrogens is 218 g/mol. The molecule has 6 heteroatoms. The second-order valence-electron chi connectivity index (χ2n) is 4.02. The van der Waals surface area contributed by atoms with E-state index in [1.165, 1.54) is 6.33 Å². The first-order chi connectivity index (χ1) is 8.38. The molecule has 94 valence electrons. The second kappa shape index (κ2) is 6.36. The van der Waals surface area contributed by atoms with Crippen LogP contribution in [0.5, 0.6) is 0 Å². The van der Waals surface area contributed by atoms with Gasteiger partial charge in [-0.1, -0.05) is 0 Å². The number of hydrogen-bond acceptors (Lipinski definition) is 6. The van der Waals surface area contributed by atoms with E-state index < -0.39 is 0 Å². The second-order valence-corrected chi connectivity index (χ2v) is 4.02. The summed E-state index contributed by atoms with van der Waals surface area (Å²) in [6.45, 7) is 2.97. The molecule has 1 aromatic heterocycles. The maximum absolute atomic E-state index is 5.53. The van der Waals surface area contributed by atoms with Crippen LogP contribution in [-0.4, -0.2) is 42.3 Å². The third-order valence-electron chi connectivity index (χ3n) is 2.65. The molecule has 0 amide bonds. The fourth-order valence-corrected chi connectivity index (χ4v) is 1.77. The Bertz CT molecular complexity index is 340. The lowest BCUT2D eigenvalue weighted by atomic mass is 10.2. The first-order valence-electron chi connectivity index (χ1n) is 6.00. The molecule has 6 nitrogen and oxygen atoms in total. The van der Waals surface area contributed by atoms with E-state index in [2.05, 4.69) is 20.6 Å². The summed E-state index contributed by atoms with van der Waals surface area (Å²) in [7, 11) is 0. The number of rotatable bonds is 6. The summed E-state index contributed by atoms with van der Waals surface area (Å²) in [6.07, 6.45) is 4.12. The average Bonchev–Trinajstić information content (AvgIpc) is 2.87. The van der Waals surface area contributed by atoms with Crippen LogP contribution in [0.2, 0.25) is 0 Å². The quantitative estimate of drug-likeness (QED) is 0.665. The highest BCUT2D eigenvalue weighted by molar-refractivity contribution is 5.46. The van der Waals surface area contributed by atoms with Crippen molar-refractivity contribution in [2.75, 3.05) is 36.9 Å². The minimum absolute atomic E-state index is 0.311. The van der Waals surface area contributed by atoms with Crippen molar-refractivity contribution in [3.8, 4) is 0 Å². The van der Waals surface area contributed by atoms with Crippen LogP contribution in [0.25, 0.3) is 0 Å². The van der Waals surface area contributed by atoms with Gasteiger partial charge in [-0.15, -0.1) is 0 Å². The van der Waals surface area contributed by atoms with Gasteiger partial charge in [0, 0.05) is 32.3 Å². The number of ether oxygens (including phenoxy) is 1. The number of aromatic nitrogens is 2. The lowest BCUT2D eigenvalue weighted by Gasteiger charge is -2.11. The van der Waals surface area contributed by atoms with Gasteiger partial charge in [-0.2, -0.15) is 0 Å². The van der Waals surface area contributed by atoms with Crippen LogP contribution in [0.15, 0.2) is 12.4 Å². The normalized spacial score (nSPS) is 19.2. The Balaban J connectivity index is 1.82. The van der Waals surface area contributed by atoms with Gasteiger partial charge in [0.1, 0.15) is 18.0 Å². The van der Waals surface area contributed by atoms with E-state index in [0.717, 1.165) is 37.6 Å². The molecule has 2 heterocycles. The van der Waals surface area contributed by atoms with Crippen molar-refractivity contribution in [1.29, 1.82) is 0 Å². The van der Waals surface area contributed by atoms with E-state index in [-0.39, 0.29) is 0 Å². The Morgan fingerprint density at radius 2 is 2.18 bits per heavy atom. The van der Waals surface area contributed by atoms with Crippen molar-refractivity contribution < 1.29 is 4.74 Å². The van der Waals surface area contributed by atoms with E-state index >= 15 is 0 Å². The summed E-state index contributed by atoms with van der Waals surface area (Å²) in [5.41, 5.74) is 5.42. The van der Waals surface area contributed by atoms with Crippen LogP contribution < -0.4 is 16.4 Å². The van der Waals surface area contributed by atoms with Crippen LogP contribution >= 0.6 is 0 Å². The van der Waals surface area contributed by atoms with Crippen LogP contribution in [-0.2, 0) is 4.74 Å². The molecule has 0 aliphatic carbocycles. The first-order valence-corrected chi connectivity index (χ1v) is 6.00. The zero-order valence-corrected chi connectivity index (χ0v) is 9.85. The van der Waals surface area contributed by atoms with Crippen LogP contribution in [0.4, 0.5) is 11.6 Å². The van der Waals surface area contributed by atoms with Gasteiger partial charge < -0.3 is 21.1 Å². The smallest absolute Gasteiger partial charge is 0.131 e. The summed E-state index contributed by atoms with van der Waals surface area (Å²) in [4.78, 5) is 8.27. The molecule has 0 radical (unpaired) electrons. The third kappa shape index (κ3) is 3.83. The predicted octanol–water partition coefficient (Wildman–Crippen LogP) is 0.438. The molecule has 2 rings (SSSR count). The Morgan fingerprint density at radius 3 is 2.88 bits per heavy atom. The molecule has 1 atom stereocenters. The molecule has 17 heavy (non-hydrogen) atoms. The molecule has 0 bridgehead atoms. The van der Waals surface area contributed by atoms with Crippen LogP contribution in [0, 0.1) is 0 Å². The highest BCUT2D eigenvalue weighted by atomic mass is 16.5. The van der Waals surface area contributed by atoms with Gasteiger partial charge in [0.05, 0.1) is 6.10 Å². The lowest BCUT2D eigenvalue weighted by Crippen LogP contribution is -2.19. The minimum Gasteiger partial charge on any atom is -0.376 e. The van der Waals surface area contributed by atoms with Gasteiger partial charge in [0.2, 0.25) is 0 Å². The minimum atomic E-state index is 0.311. The number of nitrogens with zero attached hydrogens (tertiary/aromatic N) is 2. The van der Waals surface area contributed by atoms with Gasteiger partial charge in [-0.3, -0.25) is 0 Å². The van der Waals surface area contributed by atoms with Gasteiger partial charge >= 0.3 is 0 Å². The van der Waals surface area contributed by atoms with Crippen molar-refractivity contribution >= 4 is 11.6 Å². The monoisotopic (exact) mass is 237 g/mol. The van der Waals surface area contributed by atoms with E-state index in [1.807, 2.05) is 6.07 Å². The molecule has 0 saturated carbocycles. The number of nitrogens with one attached hydrogen (secondary N) is 2. The van der Waals surface area contributed by atoms with Crippen LogP contribution in [0.3, 0.4) is 0 Å². The summed E-state index contributed by atoms with van der Waals surface area (Å²) < 4.78 is 5.53. The fourth-order valence-electron chi connectivity index (χ4n) is 1.77. The van der Waals surface area contributed by atoms with Crippen molar-refractivity contribution in [3.05, 3.63) is 12.4 Å². The number of anilines is 2. The molecule has 0 spiro atoms. The van der Waals surface area contributed by atoms with E-state index in [0.29, 0.717) is 19.2 Å². The largest absolute Gasteiger partial charge is 0.376 e. The van der Waals surface area contributed by atoms with Gasteiger partial charge in [-0.05, 0) is 12.8 Å². The van der Waals surface area contributed by atoms with E-state index in [1.54, 1.807) is 0 Å². The molecule has 1 aromatic rings. The van der Waals surface area contributed by atoms with Crippen molar-refractivity contribution in [1.82, 2.24) is 9.97 Å². The zero-order chi connectivity index (χ0) is 11.9. The molecule has 0 unspecified atom stereocenters. The summed E-state index contributed by atoms with van der Waals surface area (Å²) in [6, 6.07) is 1.88. The van der Waals surface area contributed by atoms with Gasteiger partial charge in [0.15, 0.2) is 0 Å². The SMILES string of the molecule is NCCNc1cc(NC[C@@H]2CCCO2)ncn1. The molecule has 0 aromatic carbocycles. The molecule has 4 N–H and O–H groups in total. The van der Waals surface area contributed by atoms with Crippen LogP contribution in [0.1, 0.15) is 12.8 Å². The molecule has 1 aliphatic heterocycles. The van der Waals surface area contributed by atoms with Crippen molar-refractivity contribution in [3.63, 3.8) is 0 Å². The van der Waals surface area contributed by atoms with Gasteiger partial charge in [-0.25, -0.2) is 9.97 Å². The maximum atomic E-state index is 5.53. The lowest BCUT2D eigenvalue weighted by molar-refractivity contribution is 0.120. The van der Waals surface area contributed by atoms with Crippen molar-refractivity contribution in [2.24, 2.45) is 5.73 Å². The topological polar surface area (TPSA) is 85.1 Å². The molecule has 1 fully saturated rings. The van der Waals surface area contributed by atoms with E-state index in [9.17, 15) is 0 Å². The highest BCUT2D eigenvalue weighted by Gasteiger charge is 2.14. The highest BCUT2D eigenvalue weighted by Crippen LogP contribution is 2.13. The van der Waals surface area contributed by atoms with Gasteiger partial charge in [0.25, 0.3) is 0 Å². The predicted molar refractivity (Wildman–Crippen MR) is 67.0 cm³/mol. The molecule has 1 aliphatic rings. The molecular formula is C11H19N5O. The standard InChI is InChI=1S/C11H19N5O/c12-3-4-13-10-6-11(16-8-15-10)14-7-9-2-1-5-17-9/h6,8-9H,1-5,7,12H2,(H2,13,14,15,16)/t9-/m0/s1. The zero-order valence-electron chi connectivity index (χ0n) is 9.85. The number of hydrogen-bond donors (Lipinski definition) is 3. The summed E-state index contributed by atoms with van der Waals surface area (Å²) in [5.74, 6) is 1.61. The van der Waals surface area contributed by atoms with Crippen molar-refractivity contribution in [2.45, 2.75) is 18.9 Å². The average molecular weight is 237 g/mol. The Kier molecular flexibility index (Phi) is 4.52. The Hall–Kier alpha value is -1.40. The summed E-state index contributed by atoms with van der Waals surface area (Å²) in [5, 5.41) is 6.37. The third-order valence-corrected chi connectivity index (χ3v) is 2.65.